The third-order valence-electron chi connectivity index (χ3n) is 2.21. The van der Waals surface area contributed by atoms with Gasteiger partial charge >= 0.3 is 6.18 Å². The molecule has 1 aromatic carbocycles. The van der Waals surface area contributed by atoms with Gasteiger partial charge in [0.05, 0.1) is 11.6 Å². The molecule has 0 saturated carbocycles. The third-order valence-corrected chi connectivity index (χ3v) is 2.91. The lowest BCUT2D eigenvalue weighted by atomic mass is 10.1. The van der Waals surface area contributed by atoms with Crippen molar-refractivity contribution in [1.29, 1.82) is 0 Å². The minimum atomic E-state index is -4.51. The number of terminal acetylenes is 1. The molecule has 3 nitrogen and oxygen atoms in total. The summed E-state index contributed by atoms with van der Waals surface area (Å²) in [6.45, 7) is 0. The highest BCUT2D eigenvalue weighted by Gasteiger charge is 2.33. The van der Waals surface area contributed by atoms with E-state index in [1.54, 1.807) is 0 Å². The van der Waals surface area contributed by atoms with Crippen LogP contribution in [0.4, 0.5) is 18.9 Å². The summed E-state index contributed by atoms with van der Waals surface area (Å²) in [6, 6.07) is 2.40. The van der Waals surface area contributed by atoms with Crippen LogP contribution in [-0.4, -0.2) is 11.9 Å². The highest BCUT2D eigenvalue weighted by molar-refractivity contribution is 9.10. The normalized spacial score (nSPS) is 12.6. The predicted octanol–water partition coefficient (Wildman–Crippen LogP) is 2.76. The smallest absolute Gasteiger partial charge is 0.325 e. The van der Waals surface area contributed by atoms with E-state index in [2.05, 4.69) is 27.2 Å². The van der Waals surface area contributed by atoms with E-state index in [1.807, 2.05) is 0 Å². The molecule has 0 aliphatic heterocycles. The molecule has 0 spiro atoms. The van der Waals surface area contributed by atoms with Gasteiger partial charge in [0.15, 0.2) is 0 Å². The van der Waals surface area contributed by atoms with Gasteiger partial charge in [-0.25, -0.2) is 0 Å². The molecular formula is C12H10BrF3N2O. The summed E-state index contributed by atoms with van der Waals surface area (Å²) in [5, 5.41) is 2.29. The Bertz CT molecular complexity index is 523. The van der Waals surface area contributed by atoms with Gasteiger partial charge < -0.3 is 11.1 Å². The summed E-state index contributed by atoms with van der Waals surface area (Å²) in [5.41, 5.74) is 4.57. The van der Waals surface area contributed by atoms with E-state index in [-0.39, 0.29) is 16.6 Å². The molecule has 0 heterocycles. The molecule has 7 heteroatoms. The van der Waals surface area contributed by atoms with Crippen molar-refractivity contribution in [2.45, 2.75) is 18.6 Å². The fourth-order valence-corrected chi connectivity index (χ4v) is 1.75. The van der Waals surface area contributed by atoms with Crippen molar-refractivity contribution in [3.8, 4) is 12.3 Å². The van der Waals surface area contributed by atoms with E-state index in [0.717, 1.165) is 6.07 Å². The first-order valence-electron chi connectivity index (χ1n) is 5.12. The lowest BCUT2D eigenvalue weighted by Crippen LogP contribution is -2.35. The second-order valence-electron chi connectivity index (χ2n) is 3.70. The summed E-state index contributed by atoms with van der Waals surface area (Å²) >= 11 is 2.80. The van der Waals surface area contributed by atoms with E-state index in [4.69, 9.17) is 12.2 Å². The van der Waals surface area contributed by atoms with Gasteiger partial charge in [-0.15, -0.1) is 12.3 Å². The molecule has 0 fully saturated rings. The van der Waals surface area contributed by atoms with Gasteiger partial charge in [-0.3, -0.25) is 4.79 Å². The fourth-order valence-electron chi connectivity index (χ4n) is 1.27. The molecule has 19 heavy (non-hydrogen) atoms. The molecule has 1 amide bonds. The number of hydrogen-bond donors (Lipinski definition) is 2. The maximum atomic E-state index is 12.7. The van der Waals surface area contributed by atoms with Gasteiger partial charge in [0.25, 0.3) is 0 Å². The molecule has 1 unspecified atom stereocenters. The quantitative estimate of drug-likeness (QED) is 0.835. The van der Waals surface area contributed by atoms with Crippen LogP contribution in [0.5, 0.6) is 0 Å². The minimum Gasteiger partial charge on any atom is -0.325 e. The SMILES string of the molecule is C#CCC(N)C(=O)Nc1ccc(Br)c(C(F)(F)F)c1. The molecule has 102 valence electrons. The number of rotatable bonds is 3. The summed E-state index contributed by atoms with van der Waals surface area (Å²) in [6.07, 6.45) is 0.492. The number of benzene rings is 1. The van der Waals surface area contributed by atoms with E-state index in [1.165, 1.54) is 12.1 Å². The Labute approximate surface area is 116 Å². The van der Waals surface area contributed by atoms with Crippen molar-refractivity contribution < 1.29 is 18.0 Å². The molecule has 1 aromatic rings. The monoisotopic (exact) mass is 334 g/mol. The van der Waals surface area contributed by atoms with E-state index in [0.29, 0.717) is 0 Å². The number of alkyl halides is 3. The number of halogens is 4. The second-order valence-corrected chi connectivity index (χ2v) is 4.55. The highest BCUT2D eigenvalue weighted by atomic mass is 79.9. The van der Waals surface area contributed by atoms with E-state index >= 15 is 0 Å². The number of amides is 1. The first-order chi connectivity index (χ1) is 8.75. The van der Waals surface area contributed by atoms with Crippen LogP contribution in [0.3, 0.4) is 0 Å². The summed E-state index contributed by atoms with van der Waals surface area (Å²) in [7, 11) is 0. The zero-order valence-corrected chi connectivity index (χ0v) is 11.2. The fraction of sp³-hybridized carbons (Fsp3) is 0.250. The molecule has 3 N–H and O–H groups in total. The third kappa shape index (κ3) is 4.26. The van der Waals surface area contributed by atoms with Crippen LogP contribution >= 0.6 is 15.9 Å². The van der Waals surface area contributed by atoms with Gasteiger partial charge in [0.2, 0.25) is 5.91 Å². The predicted molar refractivity (Wildman–Crippen MR) is 69.2 cm³/mol. The molecule has 0 bridgehead atoms. The van der Waals surface area contributed by atoms with Crippen LogP contribution in [0.25, 0.3) is 0 Å². The van der Waals surface area contributed by atoms with Crippen LogP contribution in [0.15, 0.2) is 22.7 Å². The van der Waals surface area contributed by atoms with Crippen molar-refractivity contribution in [1.82, 2.24) is 0 Å². The highest BCUT2D eigenvalue weighted by Crippen LogP contribution is 2.36. The van der Waals surface area contributed by atoms with Crippen LogP contribution in [0, 0.1) is 12.3 Å². The number of anilines is 1. The average Bonchev–Trinajstić information content (AvgIpc) is 2.30. The van der Waals surface area contributed by atoms with E-state index in [9.17, 15) is 18.0 Å². The minimum absolute atomic E-state index is 0.00740. The second kappa shape index (κ2) is 6.08. The zero-order valence-electron chi connectivity index (χ0n) is 9.59. The summed E-state index contributed by atoms with van der Waals surface area (Å²) < 4.78 is 37.8. The largest absolute Gasteiger partial charge is 0.417 e. The number of carbonyl (C=O) groups is 1. The maximum Gasteiger partial charge on any atom is 0.417 e. The molecule has 0 aliphatic rings. The topological polar surface area (TPSA) is 55.1 Å². The van der Waals surface area contributed by atoms with Gasteiger partial charge in [-0.2, -0.15) is 13.2 Å². The Morgan fingerprint density at radius 2 is 2.16 bits per heavy atom. The standard InChI is InChI=1S/C12H10BrF3N2O/c1-2-3-10(17)11(19)18-7-4-5-9(13)8(6-7)12(14,15)16/h1,4-6,10H,3,17H2,(H,18,19). The molecule has 0 saturated heterocycles. The van der Waals surface area contributed by atoms with Gasteiger partial charge in [0.1, 0.15) is 0 Å². The van der Waals surface area contributed by atoms with Crippen LogP contribution in [0.2, 0.25) is 0 Å². The van der Waals surface area contributed by atoms with Gasteiger partial charge in [-0.1, -0.05) is 15.9 Å². The van der Waals surface area contributed by atoms with Crippen molar-refractivity contribution in [3.63, 3.8) is 0 Å². The van der Waals surface area contributed by atoms with Crippen molar-refractivity contribution in [2.75, 3.05) is 5.32 Å². The first kappa shape index (κ1) is 15.5. The van der Waals surface area contributed by atoms with E-state index < -0.39 is 23.7 Å². The first-order valence-corrected chi connectivity index (χ1v) is 5.91. The van der Waals surface area contributed by atoms with Gasteiger partial charge in [0, 0.05) is 16.6 Å². The Balaban J connectivity index is 2.93. The Kier molecular flexibility index (Phi) is 4.97. The van der Waals surface area contributed by atoms with Crippen LogP contribution in [-0.2, 0) is 11.0 Å². The molecule has 1 rings (SSSR count). The number of nitrogens with two attached hydrogens (primary N) is 1. The number of carbonyl (C=O) groups excluding carboxylic acids is 1. The molecule has 0 aromatic heterocycles. The molecule has 0 aliphatic carbocycles. The number of hydrogen-bond acceptors (Lipinski definition) is 2. The van der Waals surface area contributed by atoms with Crippen molar-refractivity contribution >= 4 is 27.5 Å². The zero-order chi connectivity index (χ0) is 14.6. The Hall–Kier alpha value is -1.52. The molecule has 1 atom stereocenters. The summed E-state index contributed by atoms with van der Waals surface area (Å²) in [4.78, 5) is 11.5. The maximum absolute atomic E-state index is 12.7. The van der Waals surface area contributed by atoms with Crippen molar-refractivity contribution in [2.24, 2.45) is 5.73 Å². The summed E-state index contributed by atoms with van der Waals surface area (Å²) in [5.74, 6) is 1.57. The average molecular weight is 335 g/mol. The van der Waals surface area contributed by atoms with Crippen LogP contribution < -0.4 is 11.1 Å². The Morgan fingerprint density at radius 3 is 2.68 bits per heavy atom. The lowest BCUT2D eigenvalue weighted by molar-refractivity contribution is -0.138. The Morgan fingerprint density at radius 1 is 1.53 bits per heavy atom. The molecule has 0 radical (unpaired) electrons. The lowest BCUT2D eigenvalue weighted by Gasteiger charge is -2.13. The van der Waals surface area contributed by atoms with Gasteiger partial charge in [-0.05, 0) is 18.2 Å². The van der Waals surface area contributed by atoms with Crippen LogP contribution in [0.1, 0.15) is 12.0 Å². The number of nitrogens with one attached hydrogen (secondary N) is 1. The molecular weight excluding hydrogens is 325 g/mol. The van der Waals surface area contributed by atoms with Crippen molar-refractivity contribution in [3.05, 3.63) is 28.2 Å².